The maximum atomic E-state index is 12.1. The molecule has 1 aromatic carbocycles. The first-order valence-corrected chi connectivity index (χ1v) is 10.8. The van der Waals surface area contributed by atoms with Gasteiger partial charge in [0.05, 0.1) is 16.5 Å². The monoisotopic (exact) mass is 397 g/mol. The van der Waals surface area contributed by atoms with E-state index in [4.69, 9.17) is 4.74 Å². The van der Waals surface area contributed by atoms with Crippen molar-refractivity contribution in [2.24, 2.45) is 0 Å². The number of nitrogens with zero attached hydrogens (tertiary/aromatic N) is 1. The van der Waals surface area contributed by atoms with Gasteiger partial charge in [-0.15, -0.1) is 11.3 Å². The molecule has 0 saturated heterocycles. The number of benzene rings is 1. The van der Waals surface area contributed by atoms with E-state index in [-0.39, 0.29) is 16.9 Å². The summed E-state index contributed by atoms with van der Waals surface area (Å²) in [7, 11) is -1.95. The summed E-state index contributed by atoms with van der Waals surface area (Å²) in [6.07, 6.45) is 1.92. The highest BCUT2D eigenvalue weighted by molar-refractivity contribution is 7.89. The maximum absolute atomic E-state index is 12.1. The number of hydrogen-bond donors (Lipinski definition) is 2. The maximum Gasteiger partial charge on any atom is 0.240 e. The molecule has 144 valence electrons. The molecular formula is C18H27N3O3S2. The van der Waals surface area contributed by atoms with E-state index < -0.39 is 10.0 Å². The number of sulfonamides is 1. The van der Waals surface area contributed by atoms with Gasteiger partial charge in [-0.25, -0.2) is 18.1 Å². The van der Waals surface area contributed by atoms with E-state index in [0.29, 0.717) is 13.2 Å². The van der Waals surface area contributed by atoms with Crippen LogP contribution in [0.4, 0.5) is 0 Å². The fraction of sp³-hybridized carbons (Fsp3) is 0.500. The average Bonchev–Trinajstić information content (AvgIpc) is 3.05. The van der Waals surface area contributed by atoms with Gasteiger partial charge in [0, 0.05) is 43.2 Å². The third kappa shape index (κ3) is 6.14. The number of methoxy groups -OCH3 is 1. The quantitative estimate of drug-likeness (QED) is 0.636. The zero-order valence-corrected chi connectivity index (χ0v) is 17.3. The zero-order chi connectivity index (χ0) is 19.2. The molecule has 1 heterocycles. The van der Waals surface area contributed by atoms with Gasteiger partial charge in [-0.1, -0.05) is 32.9 Å². The van der Waals surface area contributed by atoms with Crippen LogP contribution in [0.3, 0.4) is 0 Å². The molecule has 0 amide bonds. The Morgan fingerprint density at radius 3 is 2.42 bits per heavy atom. The second-order valence-corrected chi connectivity index (χ2v) is 9.90. The first-order valence-electron chi connectivity index (χ1n) is 8.46. The smallest absolute Gasteiger partial charge is 0.240 e. The molecule has 2 N–H and O–H groups in total. The highest BCUT2D eigenvalue weighted by Gasteiger charge is 2.17. The molecular weight excluding hydrogens is 370 g/mol. The third-order valence-corrected chi connectivity index (χ3v) is 6.56. The fourth-order valence-corrected chi connectivity index (χ4v) is 4.17. The van der Waals surface area contributed by atoms with E-state index in [1.807, 2.05) is 18.3 Å². The summed E-state index contributed by atoms with van der Waals surface area (Å²) in [6, 6.07) is 6.89. The van der Waals surface area contributed by atoms with Gasteiger partial charge in [-0.3, -0.25) is 0 Å². The zero-order valence-electron chi connectivity index (χ0n) is 15.7. The van der Waals surface area contributed by atoms with Gasteiger partial charge >= 0.3 is 0 Å². The molecule has 2 aromatic rings. The van der Waals surface area contributed by atoms with Crippen molar-refractivity contribution in [3.63, 3.8) is 0 Å². The van der Waals surface area contributed by atoms with Gasteiger partial charge in [0.2, 0.25) is 10.0 Å². The molecule has 0 atom stereocenters. The second-order valence-electron chi connectivity index (χ2n) is 7.02. The molecule has 8 heteroatoms. The Bertz CT molecular complexity index is 794. The van der Waals surface area contributed by atoms with Crippen molar-refractivity contribution in [3.8, 4) is 0 Å². The van der Waals surface area contributed by atoms with Crippen molar-refractivity contribution in [3.05, 3.63) is 45.9 Å². The van der Waals surface area contributed by atoms with Crippen LogP contribution >= 0.6 is 11.3 Å². The van der Waals surface area contributed by atoms with Crippen molar-refractivity contribution in [2.75, 3.05) is 20.3 Å². The Labute approximate surface area is 160 Å². The molecule has 2 rings (SSSR count). The standard InChI is InChI=1S/C18H27N3O3S2/c1-18(2,3)17-20-13-15(25-17)12-19-11-14-5-7-16(8-6-14)26(22,23)21-9-10-24-4/h5-8,13,19,21H,9-12H2,1-4H3. The number of nitrogens with one attached hydrogen (secondary N) is 2. The first-order chi connectivity index (χ1) is 12.2. The Morgan fingerprint density at radius 1 is 1.15 bits per heavy atom. The van der Waals surface area contributed by atoms with E-state index in [1.165, 1.54) is 12.0 Å². The molecule has 0 fully saturated rings. The van der Waals surface area contributed by atoms with Crippen LogP contribution in [-0.2, 0) is 33.3 Å². The van der Waals surface area contributed by atoms with Crippen LogP contribution < -0.4 is 10.0 Å². The Balaban J connectivity index is 1.86. The van der Waals surface area contributed by atoms with Crippen LogP contribution in [-0.4, -0.2) is 33.7 Å². The Morgan fingerprint density at radius 2 is 1.85 bits per heavy atom. The molecule has 0 saturated carbocycles. The van der Waals surface area contributed by atoms with E-state index in [2.05, 4.69) is 35.8 Å². The summed E-state index contributed by atoms with van der Waals surface area (Å²) in [5.41, 5.74) is 1.10. The SMILES string of the molecule is COCCNS(=O)(=O)c1ccc(CNCc2cnc(C(C)(C)C)s2)cc1. The lowest BCUT2D eigenvalue weighted by Crippen LogP contribution is -2.27. The number of rotatable bonds is 9. The second kappa shape index (κ2) is 9.05. The van der Waals surface area contributed by atoms with Crippen molar-refractivity contribution in [1.82, 2.24) is 15.0 Å². The fourth-order valence-electron chi connectivity index (χ4n) is 2.21. The lowest BCUT2D eigenvalue weighted by molar-refractivity contribution is 0.204. The van der Waals surface area contributed by atoms with Gasteiger partial charge in [-0.2, -0.15) is 0 Å². The lowest BCUT2D eigenvalue weighted by Gasteiger charge is -2.13. The van der Waals surface area contributed by atoms with Crippen LogP contribution in [0.15, 0.2) is 35.4 Å². The van der Waals surface area contributed by atoms with E-state index in [1.54, 1.807) is 23.5 Å². The molecule has 26 heavy (non-hydrogen) atoms. The van der Waals surface area contributed by atoms with Gasteiger partial charge in [0.25, 0.3) is 0 Å². The van der Waals surface area contributed by atoms with Crippen molar-refractivity contribution < 1.29 is 13.2 Å². The number of hydrogen-bond acceptors (Lipinski definition) is 6. The molecule has 1 aromatic heterocycles. The molecule has 6 nitrogen and oxygen atoms in total. The van der Waals surface area contributed by atoms with Gasteiger partial charge < -0.3 is 10.1 Å². The molecule has 0 bridgehead atoms. The summed E-state index contributed by atoms with van der Waals surface area (Å²) in [5, 5.41) is 4.50. The number of thiazole rings is 1. The van der Waals surface area contributed by atoms with Crippen LogP contribution in [0.25, 0.3) is 0 Å². The van der Waals surface area contributed by atoms with Crippen molar-refractivity contribution in [2.45, 2.75) is 44.2 Å². The summed E-state index contributed by atoms with van der Waals surface area (Å²) >= 11 is 1.72. The predicted octanol–water partition coefficient (Wildman–Crippen LogP) is 2.66. The number of aromatic nitrogens is 1. The predicted molar refractivity (Wildman–Crippen MR) is 105 cm³/mol. The number of ether oxygens (including phenoxy) is 1. The van der Waals surface area contributed by atoms with E-state index >= 15 is 0 Å². The van der Waals surface area contributed by atoms with Crippen LogP contribution in [0.2, 0.25) is 0 Å². The molecule has 0 spiro atoms. The first kappa shape index (κ1) is 21.0. The minimum Gasteiger partial charge on any atom is -0.383 e. The lowest BCUT2D eigenvalue weighted by atomic mass is 9.98. The third-order valence-electron chi connectivity index (χ3n) is 3.66. The summed E-state index contributed by atoms with van der Waals surface area (Å²) in [6.45, 7) is 8.48. The van der Waals surface area contributed by atoms with Gasteiger partial charge in [0.1, 0.15) is 0 Å². The van der Waals surface area contributed by atoms with Crippen molar-refractivity contribution in [1.29, 1.82) is 0 Å². The van der Waals surface area contributed by atoms with Gasteiger partial charge in [-0.05, 0) is 17.7 Å². The van der Waals surface area contributed by atoms with Crippen LogP contribution in [0.5, 0.6) is 0 Å². The molecule has 0 unspecified atom stereocenters. The summed E-state index contributed by atoms with van der Waals surface area (Å²) in [4.78, 5) is 5.93. The molecule has 0 aliphatic heterocycles. The van der Waals surface area contributed by atoms with Gasteiger partial charge in [0.15, 0.2) is 0 Å². The van der Waals surface area contributed by atoms with E-state index in [9.17, 15) is 8.42 Å². The molecule has 0 radical (unpaired) electrons. The topological polar surface area (TPSA) is 80.3 Å². The average molecular weight is 398 g/mol. The minimum absolute atomic E-state index is 0.0710. The summed E-state index contributed by atoms with van der Waals surface area (Å²) in [5.74, 6) is 0. The Kier molecular flexibility index (Phi) is 7.31. The normalized spacial score (nSPS) is 12.5. The largest absolute Gasteiger partial charge is 0.383 e. The summed E-state index contributed by atoms with van der Waals surface area (Å²) < 4.78 is 31.6. The Hall–Kier alpha value is -1.32. The molecule has 0 aliphatic carbocycles. The van der Waals surface area contributed by atoms with E-state index in [0.717, 1.165) is 17.1 Å². The van der Waals surface area contributed by atoms with Crippen molar-refractivity contribution >= 4 is 21.4 Å². The minimum atomic E-state index is -3.48. The highest BCUT2D eigenvalue weighted by atomic mass is 32.2. The molecule has 0 aliphatic rings. The van der Waals surface area contributed by atoms with Crippen LogP contribution in [0, 0.1) is 0 Å². The highest BCUT2D eigenvalue weighted by Crippen LogP contribution is 2.26. The van der Waals surface area contributed by atoms with Crippen LogP contribution in [0.1, 0.15) is 36.2 Å².